The monoisotopic (exact) mass is 447 g/mol. The lowest BCUT2D eigenvalue weighted by Crippen LogP contribution is -2.43. The molecule has 0 bridgehead atoms. The summed E-state index contributed by atoms with van der Waals surface area (Å²) in [6, 6.07) is 0.690. The molecule has 3 heterocycles. The Morgan fingerprint density at radius 2 is 1.96 bits per heavy atom. The highest BCUT2D eigenvalue weighted by molar-refractivity contribution is 14.0. The Kier molecular flexibility index (Phi) is 8.30. The first kappa shape index (κ1) is 20.0. The first-order valence-corrected chi connectivity index (χ1v) is 9.37. The van der Waals surface area contributed by atoms with Crippen molar-refractivity contribution in [1.82, 2.24) is 20.0 Å². The van der Waals surface area contributed by atoms with Gasteiger partial charge in [-0.3, -0.25) is 9.89 Å². The fourth-order valence-corrected chi connectivity index (χ4v) is 4.09. The maximum Gasteiger partial charge on any atom is 0.193 e. The van der Waals surface area contributed by atoms with E-state index in [0.29, 0.717) is 6.04 Å². The normalized spacial score (nSPS) is 29.1. The largest absolute Gasteiger partial charge is 0.357 e. The number of guanidine groups is 1. The van der Waals surface area contributed by atoms with Crippen LogP contribution in [0, 0.1) is 5.92 Å². The number of piperidine rings is 1. The molecule has 138 valence electrons. The van der Waals surface area contributed by atoms with E-state index in [0.717, 1.165) is 51.1 Å². The summed E-state index contributed by atoms with van der Waals surface area (Å²) >= 11 is 0. The molecule has 2 unspecified atom stereocenters. The fourth-order valence-electron chi connectivity index (χ4n) is 4.09. The zero-order chi connectivity index (χ0) is 16.1. The van der Waals surface area contributed by atoms with Crippen LogP contribution in [0.2, 0.25) is 0 Å². The standard InChI is InChI=1S/C18H33N5.HI/c1-3-19-18(20-13-16-7-6-9-21(2)14-16)23-12-8-17(15-23)22-10-4-5-11-22;/h4-5,16-17H,3,6-15H2,1-2H3,(H,19,20);1H. The van der Waals surface area contributed by atoms with Crippen LogP contribution in [-0.2, 0) is 0 Å². The first-order chi connectivity index (χ1) is 11.3. The van der Waals surface area contributed by atoms with Crippen LogP contribution in [0.5, 0.6) is 0 Å². The first-order valence-electron chi connectivity index (χ1n) is 9.37. The topological polar surface area (TPSA) is 34.1 Å². The molecule has 5 nitrogen and oxygen atoms in total. The van der Waals surface area contributed by atoms with Gasteiger partial charge in [0.15, 0.2) is 5.96 Å². The lowest BCUT2D eigenvalue weighted by molar-refractivity contribution is 0.214. The van der Waals surface area contributed by atoms with E-state index in [-0.39, 0.29) is 24.0 Å². The van der Waals surface area contributed by atoms with Crippen molar-refractivity contribution in [3.05, 3.63) is 12.2 Å². The Labute approximate surface area is 164 Å². The SMILES string of the molecule is CCNC(=NCC1CCCN(C)C1)N1CCC(N2CC=CC2)C1.I. The number of nitrogens with zero attached hydrogens (tertiary/aromatic N) is 4. The van der Waals surface area contributed by atoms with E-state index < -0.39 is 0 Å². The second kappa shape index (κ2) is 9.97. The maximum absolute atomic E-state index is 4.99. The van der Waals surface area contributed by atoms with Gasteiger partial charge in [0.05, 0.1) is 0 Å². The molecule has 3 aliphatic heterocycles. The van der Waals surface area contributed by atoms with E-state index in [1.807, 2.05) is 0 Å². The molecular weight excluding hydrogens is 413 g/mol. The van der Waals surface area contributed by atoms with Crippen LogP contribution in [-0.4, -0.2) is 86.1 Å². The minimum atomic E-state index is 0. The number of rotatable bonds is 4. The van der Waals surface area contributed by atoms with Gasteiger partial charge >= 0.3 is 0 Å². The fraction of sp³-hybridized carbons (Fsp3) is 0.833. The van der Waals surface area contributed by atoms with Crippen molar-refractivity contribution in [2.75, 3.05) is 59.4 Å². The summed E-state index contributed by atoms with van der Waals surface area (Å²) in [6.45, 7) is 11.1. The van der Waals surface area contributed by atoms with Gasteiger partial charge in [0, 0.05) is 51.9 Å². The Morgan fingerprint density at radius 1 is 1.17 bits per heavy atom. The summed E-state index contributed by atoms with van der Waals surface area (Å²) in [5.41, 5.74) is 0. The van der Waals surface area contributed by atoms with Crippen LogP contribution >= 0.6 is 24.0 Å². The van der Waals surface area contributed by atoms with Gasteiger partial charge in [-0.05, 0) is 45.7 Å². The summed E-state index contributed by atoms with van der Waals surface area (Å²) in [5.74, 6) is 1.86. The van der Waals surface area contributed by atoms with E-state index >= 15 is 0 Å². The van der Waals surface area contributed by atoms with Crippen LogP contribution in [0.4, 0.5) is 0 Å². The summed E-state index contributed by atoms with van der Waals surface area (Å²) in [5, 5.41) is 3.51. The van der Waals surface area contributed by atoms with Gasteiger partial charge in [0.2, 0.25) is 0 Å². The van der Waals surface area contributed by atoms with Gasteiger partial charge in [-0.25, -0.2) is 0 Å². The maximum atomic E-state index is 4.99. The third-order valence-corrected chi connectivity index (χ3v) is 5.38. The number of hydrogen-bond donors (Lipinski definition) is 1. The number of aliphatic imine (C=N–C) groups is 1. The summed E-state index contributed by atoms with van der Waals surface area (Å²) < 4.78 is 0. The van der Waals surface area contributed by atoms with Crippen LogP contribution in [0.3, 0.4) is 0 Å². The Hall–Kier alpha value is -0.340. The molecule has 0 spiro atoms. The molecule has 0 saturated carbocycles. The zero-order valence-corrected chi connectivity index (χ0v) is 17.6. The Morgan fingerprint density at radius 3 is 2.67 bits per heavy atom. The minimum Gasteiger partial charge on any atom is -0.357 e. The Balaban J connectivity index is 0.00000208. The van der Waals surface area contributed by atoms with E-state index in [2.05, 4.69) is 46.1 Å². The van der Waals surface area contributed by atoms with Crippen LogP contribution in [0.1, 0.15) is 26.2 Å². The number of hydrogen-bond acceptors (Lipinski definition) is 3. The molecule has 3 rings (SSSR count). The van der Waals surface area contributed by atoms with E-state index in [1.54, 1.807) is 0 Å². The summed E-state index contributed by atoms with van der Waals surface area (Å²) in [7, 11) is 2.23. The van der Waals surface area contributed by atoms with Crippen molar-refractivity contribution in [2.45, 2.75) is 32.2 Å². The van der Waals surface area contributed by atoms with Crippen LogP contribution in [0.25, 0.3) is 0 Å². The summed E-state index contributed by atoms with van der Waals surface area (Å²) in [4.78, 5) is 12.5. The number of halogens is 1. The molecule has 0 aromatic carbocycles. The molecule has 0 aromatic heterocycles. The second-order valence-electron chi connectivity index (χ2n) is 7.28. The van der Waals surface area contributed by atoms with Crippen LogP contribution < -0.4 is 5.32 Å². The smallest absolute Gasteiger partial charge is 0.193 e. The van der Waals surface area contributed by atoms with E-state index in [4.69, 9.17) is 4.99 Å². The molecule has 0 aliphatic carbocycles. The number of nitrogens with one attached hydrogen (secondary N) is 1. The molecule has 3 aliphatic rings. The lowest BCUT2D eigenvalue weighted by atomic mass is 9.99. The van der Waals surface area contributed by atoms with Crippen molar-refractivity contribution in [2.24, 2.45) is 10.9 Å². The average Bonchev–Trinajstić information content (AvgIpc) is 3.22. The van der Waals surface area contributed by atoms with Gasteiger partial charge in [-0.2, -0.15) is 0 Å². The number of likely N-dealkylation sites (tertiary alicyclic amines) is 2. The summed E-state index contributed by atoms with van der Waals surface area (Å²) in [6.07, 6.45) is 8.50. The molecule has 6 heteroatoms. The quantitative estimate of drug-likeness (QED) is 0.309. The highest BCUT2D eigenvalue weighted by Crippen LogP contribution is 2.19. The molecule has 0 amide bonds. The molecular formula is C18H34IN5. The van der Waals surface area contributed by atoms with Crippen molar-refractivity contribution in [3.8, 4) is 0 Å². The van der Waals surface area contributed by atoms with Crippen molar-refractivity contribution >= 4 is 29.9 Å². The highest BCUT2D eigenvalue weighted by Gasteiger charge is 2.29. The molecule has 0 aromatic rings. The van der Waals surface area contributed by atoms with E-state index in [9.17, 15) is 0 Å². The third kappa shape index (κ3) is 5.33. The molecule has 0 radical (unpaired) electrons. The molecule has 2 fully saturated rings. The van der Waals surface area contributed by atoms with Gasteiger partial charge in [0.25, 0.3) is 0 Å². The van der Waals surface area contributed by atoms with Crippen molar-refractivity contribution in [3.63, 3.8) is 0 Å². The van der Waals surface area contributed by atoms with Crippen molar-refractivity contribution < 1.29 is 0 Å². The van der Waals surface area contributed by atoms with Crippen molar-refractivity contribution in [1.29, 1.82) is 0 Å². The molecule has 1 N–H and O–H groups in total. The minimum absolute atomic E-state index is 0. The second-order valence-corrected chi connectivity index (χ2v) is 7.28. The zero-order valence-electron chi connectivity index (χ0n) is 15.3. The predicted octanol–water partition coefficient (Wildman–Crippen LogP) is 1.86. The molecule has 24 heavy (non-hydrogen) atoms. The van der Waals surface area contributed by atoms with Gasteiger partial charge in [0.1, 0.15) is 0 Å². The highest BCUT2D eigenvalue weighted by atomic mass is 127. The molecule has 2 atom stereocenters. The third-order valence-electron chi connectivity index (χ3n) is 5.38. The average molecular weight is 447 g/mol. The van der Waals surface area contributed by atoms with E-state index in [1.165, 1.54) is 32.4 Å². The molecule has 2 saturated heterocycles. The predicted molar refractivity (Wildman–Crippen MR) is 112 cm³/mol. The van der Waals surface area contributed by atoms with Gasteiger partial charge < -0.3 is 15.1 Å². The Bertz CT molecular complexity index is 431. The lowest BCUT2D eigenvalue weighted by Gasteiger charge is -2.29. The van der Waals surface area contributed by atoms with Crippen LogP contribution in [0.15, 0.2) is 17.1 Å². The van der Waals surface area contributed by atoms with Gasteiger partial charge in [-0.15, -0.1) is 24.0 Å². The van der Waals surface area contributed by atoms with Gasteiger partial charge in [-0.1, -0.05) is 12.2 Å².